The molecular formula is C21H16N2O2. The smallest absolute Gasteiger partial charge is 0.337 e. The number of carboxylic acid groups (broad SMARTS) is 1. The van der Waals surface area contributed by atoms with Crippen molar-refractivity contribution in [1.29, 1.82) is 0 Å². The van der Waals surface area contributed by atoms with Gasteiger partial charge < -0.3 is 10.4 Å². The number of hydrogen-bond donors (Lipinski definition) is 2. The minimum absolute atomic E-state index is 0.242. The molecule has 2 N–H and O–H groups in total. The number of aromatic carboxylic acids is 1. The number of aromatic nitrogens is 1. The first-order valence-electron chi connectivity index (χ1n) is 8.02. The Kier molecular flexibility index (Phi) is 3.58. The SMILES string of the molecule is Cc1cc(Nc2ccccc2C(=O)O)c2ccc3ccccc3c2n1. The number of pyridine rings is 1. The van der Waals surface area contributed by atoms with E-state index in [2.05, 4.69) is 23.5 Å². The second-order valence-corrected chi connectivity index (χ2v) is 5.97. The third kappa shape index (κ3) is 2.68. The second-order valence-electron chi connectivity index (χ2n) is 5.97. The average molecular weight is 328 g/mol. The minimum Gasteiger partial charge on any atom is -0.478 e. The largest absolute Gasteiger partial charge is 0.478 e. The van der Waals surface area contributed by atoms with E-state index >= 15 is 0 Å². The van der Waals surface area contributed by atoms with E-state index in [1.165, 1.54) is 0 Å². The van der Waals surface area contributed by atoms with E-state index in [0.717, 1.165) is 33.1 Å². The fourth-order valence-electron chi connectivity index (χ4n) is 3.12. The fraction of sp³-hybridized carbons (Fsp3) is 0.0476. The Hall–Kier alpha value is -3.40. The lowest BCUT2D eigenvalue weighted by atomic mass is 10.0. The molecule has 1 aromatic heterocycles. The minimum atomic E-state index is -0.955. The Morgan fingerprint density at radius 3 is 2.52 bits per heavy atom. The van der Waals surface area contributed by atoms with Crippen molar-refractivity contribution in [2.45, 2.75) is 6.92 Å². The maximum Gasteiger partial charge on any atom is 0.337 e. The Bertz CT molecular complexity index is 1120. The van der Waals surface area contributed by atoms with Gasteiger partial charge in [0.25, 0.3) is 0 Å². The van der Waals surface area contributed by atoms with Crippen LogP contribution in [0.15, 0.2) is 66.7 Å². The van der Waals surface area contributed by atoms with Gasteiger partial charge in [0.1, 0.15) is 0 Å². The van der Waals surface area contributed by atoms with Crippen LogP contribution in [0.4, 0.5) is 11.4 Å². The maximum atomic E-state index is 11.5. The maximum absolute atomic E-state index is 11.5. The number of fused-ring (bicyclic) bond motifs is 3. The normalized spacial score (nSPS) is 10.9. The summed E-state index contributed by atoms with van der Waals surface area (Å²) in [6.07, 6.45) is 0. The first kappa shape index (κ1) is 15.1. The number of rotatable bonds is 3. The standard InChI is InChI=1S/C21H16N2O2/c1-13-12-19(23-18-9-5-4-8-17(18)21(24)25)16-11-10-14-6-2-3-7-15(14)20(16)22-13/h2-12H,1H3,(H,22,23)(H,24,25). The number of nitrogens with one attached hydrogen (secondary N) is 1. The fourth-order valence-corrected chi connectivity index (χ4v) is 3.12. The topological polar surface area (TPSA) is 62.2 Å². The molecule has 4 aromatic rings. The molecule has 3 aromatic carbocycles. The number of aryl methyl sites for hydroxylation is 1. The van der Waals surface area contributed by atoms with Gasteiger partial charge in [0, 0.05) is 22.2 Å². The van der Waals surface area contributed by atoms with Gasteiger partial charge in [0.05, 0.1) is 16.8 Å². The van der Waals surface area contributed by atoms with Crippen LogP contribution in [0.5, 0.6) is 0 Å². The summed E-state index contributed by atoms with van der Waals surface area (Å²) < 4.78 is 0. The Morgan fingerprint density at radius 1 is 0.920 bits per heavy atom. The van der Waals surface area contributed by atoms with Crippen LogP contribution in [0.3, 0.4) is 0 Å². The van der Waals surface area contributed by atoms with Gasteiger partial charge >= 0.3 is 5.97 Å². The molecular weight excluding hydrogens is 312 g/mol. The molecule has 0 aliphatic rings. The third-order valence-corrected chi connectivity index (χ3v) is 4.26. The molecule has 0 saturated carbocycles. The van der Waals surface area contributed by atoms with Gasteiger partial charge in [0.15, 0.2) is 0 Å². The third-order valence-electron chi connectivity index (χ3n) is 4.26. The van der Waals surface area contributed by atoms with Crippen LogP contribution < -0.4 is 5.32 Å². The highest BCUT2D eigenvalue weighted by Gasteiger charge is 2.12. The molecule has 0 unspecified atom stereocenters. The predicted molar refractivity (Wildman–Crippen MR) is 101 cm³/mol. The highest BCUT2D eigenvalue weighted by molar-refractivity contribution is 6.10. The van der Waals surface area contributed by atoms with E-state index < -0.39 is 5.97 Å². The zero-order valence-corrected chi connectivity index (χ0v) is 13.7. The van der Waals surface area contributed by atoms with Crippen molar-refractivity contribution < 1.29 is 9.90 Å². The quantitative estimate of drug-likeness (QED) is 0.511. The van der Waals surface area contributed by atoms with E-state index in [1.807, 2.05) is 37.3 Å². The summed E-state index contributed by atoms with van der Waals surface area (Å²) in [6.45, 7) is 1.94. The molecule has 0 amide bonds. The van der Waals surface area contributed by atoms with Crippen molar-refractivity contribution in [2.75, 3.05) is 5.32 Å². The van der Waals surface area contributed by atoms with Gasteiger partial charge in [-0.3, -0.25) is 4.98 Å². The van der Waals surface area contributed by atoms with Crippen molar-refractivity contribution in [3.05, 3.63) is 78.0 Å². The van der Waals surface area contributed by atoms with Crippen molar-refractivity contribution in [2.24, 2.45) is 0 Å². The molecule has 0 atom stereocenters. The zero-order chi connectivity index (χ0) is 17.4. The number of benzene rings is 3. The van der Waals surface area contributed by atoms with Gasteiger partial charge in [-0.2, -0.15) is 0 Å². The second kappa shape index (κ2) is 5.91. The number of carbonyl (C=O) groups is 1. The van der Waals surface area contributed by atoms with Crippen LogP contribution in [0.1, 0.15) is 16.1 Å². The molecule has 0 spiro atoms. The summed E-state index contributed by atoms with van der Waals surface area (Å²) in [6, 6.07) is 21.0. The van der Waals surface area contributed by atoms with Crippen molar-refractivity contribution in [1.82, 2.24) is 4.98 Å². The Morgan fingerprint density at radius 2 is 1.68 bits per heavy atom. The van der Waals surface area contributed by atoms with Crippen molar-refractivity contribution in [3.63, 3.8) is 0 Å². The molecule has 0 bridgehead atoms. The molecule has 25 heavy (non-hydrogen) atoms. The van der Waals surface area contributed by atoms with Crippen LogP contribution in [0, 0.1) is 6.92 Å². The summed E-state index contributed by atoms with van der Waals surface area (Å²) >= 11 is 0. The van der Waals surface area contributed by atoms with Crippen LogP contribution in [-0.2, 0) is 0 Å². The summed E-state index contributed by atoms with van der Waals surface area (Å²) in [7, 11) is 0. The van der Waals surface area contributed by atoms with Crippen LogP contribution >= 0.6 is 0 Å². The average Bonchev–Trinajstić information content (AvgIpc) is 2.62. The number of nitrogens with zero attached hydrogens (tertiary/aromatic N) is 1. The molecule has 4 nitrogen and oxygen atoms in total. The van der Waals surface area contributed by atoms with Gasteiger partial charge in [-0.05, 0) is 30.5 Å². The molecule has 0 aliphatic carbocycles. The highest BCUT2D eigenvalue weighted by Crippen LogP contribution is 2.32. The first-order chi connectivity index (χ1) is 12.1. The van der Waals surface area contributed by atoms with Gasteiger partial charge in [-0.25, -0.2) is 4.79 Å². The lowest BCUT2D eigenvalue weighted by Gasteiger charge is -2.14. The summed E-state index contributed by atoms with van der Waals surface area (Å²) in [5.74, 6) is -0.955. The lowest BCUT2D eigenvalue weighted by molar-refractivity contribution is 0.0698. The molecule has 0 radical (unpaired) electrons. The van der Waals surface area contributed by atoms with Crippen LogP contribution in [0.25, 0.3) is 21.7 Å². The Balaban J connectivity index is 1.94. The van der Waals surface area contributed by atoms with Crippen LogP contribution in [-0.4, -0.2) is 16.1 Å². The van der Waals surface area contributed by atoms with Crippen molar-refractivity contribution in [3.8, 4) is 0 Å². The van der Waals surface area contributed by atoms with Crippen molar-refractivity contribution >= 4 is 39.0 Å². The lowest BCUT2D eigenvalue weighted by Crippen LogP contribution is -2.03. The van der Waals surface area contributed by atoms with Gasteiger partial charge in [-0.1, -0.05) is 48.5 Å². The van der Waals surface area contributed by atoms with Gasteiger partial charge in [0.2, 0.25) is 0 Å². The van der Waals surface area contributed by atoms with E-state index in [0.29, 0.717) is 5.69 Å². The molecule has 1 heterocycles. The number of para-hydroxylation sites is 1. The predicted octanol–water partition coefficient (Wildman–Crippen LogP) is 5.14. The summed E-state index contributed by atoms with van der Waals surface area (Å²) in [4.78, 5) is 16.2. The Labute approximate surface area is 144 Å². The number of carboxylic acids is 1. The van der Waals surface area contributed by atoms with E-state index in [1.54, 1.807) is 18.2 Å². The van der Waals surface area contributed by atoms with E-state index in [-0.39, 0.29) is 5.56 Å². The molecule has 4 rings (SSSR count). The van der Waals surface area contributed by atoms with Gasteiger partial charge in [-0.15, -0.1) is 0 Å². The monoisotopic (exact) mass is 328 g/mol. The number of anilines is 2. The van der Waals surface area contributed by atoms with Crippen LogP contribution in [0.2, 0.25) is 0 Å². The molecule has 0 saturated heterocycles. The summed E-state index contributed by atoms with van der Waals surface area (Å²) in [5, 5.41) is 15.9. The molecule has 4 heteroatoms. The first-order valence-corrected chi connectivity index (χ1v) is 8.02. The molecule has 122 valence electrons. The molecule has 0 aliphatic heterocycles. The van der Waals surface area contributed by atoms with E-state index in [4.69, 9.17) is 4.98 Å². The highest BCUT2D eigenvalue weighted by atomic mass is 16.4. The molecule has 0 fully saturated rings. The van der Waals surface area contributed by atoms with E-state index in [9.17, 15) is 9.90 Å². The number of hydrogen-bond acceptors (Lipinski definition) is 3. The summed E-state index contributed by atoms with van der Waals surface area (Å²) in [5.41, 5.74) is 3.44. The zero-order valence-electron chi connectivity index (χ0n) is 13.7.